The van der Waals surface area contributed by atoms with Gasteiger partial charge in [0.05, 0.1) is 5.02 Å². The molecule has 88 valence electrons. The first kappa shape index (κ1) is 11.7. The fourth-order valence-corrected chi connectivity index (χ4v) is 3.39. The van der Waals surface area contributed by atoms with Gasteiger partial charge in [0.1, 0.15) is 4.90 Å². The zero-order valence-corrected chi connectivity index (χ0v) is 10.3. The van der Waals surface area contributed by atoms with Crippen molar-refractivity contribution in [1.82, 2.24) is 4.72 Å². The Balaban J connectivity index is 2.28. The summed E-state index contributed by atoms with van der Waals surface area (Å²) in [5.74, 6) is 0.405. The normalized spacial score (nSPS) is 24.4. The highest BCUT2D eigenvalue weighted by molar-refractivity contribution is 7.89. The summed E-state index contributed by atoms with van der Waals surface area (Å²) in [6.45, 7) is 2.00. The number of nitrogen functional groups attached to an aromatic ring is 1. The van der Waals surface area contributed by atoms with Crippen LogP contribution in [0.4, 0.5) is 5.69 Å². The zero-order chi connectivity index (χ0) is 11.9. The van der Waals surface area contributed by atoms with Gasteiger partial charge in [-0.25, -0.2) is 13.1 Å². The molecule has 1 aliphatic carbocycles. The summed E-state index contributed by atoms with van der Waals surface area (Å²) < 4.78 is 26.5. The summed E-state index contributed by atoms with van der Waals surface area (Å²) in [7, 11) is -3.51. The van der Waals surface area contributed by atoms with E-state index in [2.05, 4.69) is 4.72 Å². The highest BCUT2D eigenvalue weighted by Crippen LogP contribution is 2.32. The van der Waals surface area contributed by atoms with Crippen LogP contribution in [0.1, 0.15) is 13.3 Å². The third-order valence-corrected chi connectivity index (χ3v) is 4.63. The van der Waals surface area contributed by atoms with Gasteiger partial charge in [0.15, 0.2) is 0 Å². The number of sulfonamides is 1. The lowest BCUT2D eigenvalue weighted by atomic mass is 10.3. The Morgan fingerprint density at radius 2 is 2.12 bits per heavy atom. The van der Waals surface area contributed by atoms with E-state index in [4.69, 9.17) is 17.3 Å². The summed E-state index contributed by atoms with van der Waals surface area (Å²) in [6.07, 6.45) is 0.881. The quantitative estimate of drug-likeness (QED) is 0.811. The Morgan fingerprint density at radius 3 is 2.62 bits per heavy atom. The molecule has 2 unspecified atom stereocenters. The van der Waals surface area contributed by atoms with E-state index >= 15 is 0 Å². The molecular weight excluding hydrogens is 248 g/mol. The van der Waals surface area contributed by atoms with Gasteiger partial charge in [-0.15, -0.1) is 0 Å². The lowest BCUT2D eigenvalue weighted by molar-refractivity contribution is 0.578. The third-order valence-electron chi connectivity index (χ3n) is 2.66. The minimum atomic E-state index is -3.51. The predicted octanol–water partition coefficient (Wildman–Crippen LogP) is 1.61. The molecule has 1 aromatic carbocycles. The highest BCUT2D eigenvalue weighted by atomic mass is 35.5. The van der Waals surface area contributed by atoms with Gasteiger partial charge in [0.25, 0.3) is 0 Å². The minimum absolute atomic E-state index is 0.0404. The summed E-state index contributed by atoms with van der Waals surface area (Å²) in [6, 6.07) is 4.43. The molecule has 0 saturated heterocycles. The highest BCUT2D eigenvalue weighted by Gasteiger charge is 2.36. The number of nitrogens with two attached hydrogens (primary N) is 1. The van der Waals surface area contributed by atoms with Crippen molar-refractivity contribution in [1.29, 1.82) is 0 Å². The molecule has 1 aliphatic rings. The Kier molecular flexibility index (Phi) is 2.86. The van der Waals surface area contributed by atoms with Crippen LogP contribution in [0.2, 0.25) is 5.02 Å². The maximum absolute atomic E-state index is 11.9. The van der Waals surface area contributed by atoms with Crippen LogP contribution in [0.25, 0.3) is 0 Å². The standard InChI is InChI=1S/C10H13ClN2O2S/c1-6-4-9(6)13-16(14,15)10-3-2-7(12)5-8(10)11/h2-3,5-6,9,13H,4,12H2,1H3. The molecule has 0 heterocycles. The van der Waals surface area contributed by atoms with Crippen molar-refractivity contribution in [2.45, 2.75) is 24.3 Å². The van der Waals surface area contributed by atoms with Crippen LogP contribution < -0.4 is 10.5 Å². The number of hydrogen-bond donors (Lipinski definition) is 2. The van der Waals surface area contributed by atoms with Gasteiger partial charge in [-0.2, -0.15) is 0 Å². The average Bonchev–Trinajstić information content (AvgIpc) is 2.79. The van der Waals surface area contributed by atoms with Crippen molar-refractivity contribution in [2.75, 3.05) is 5.73 Å². The first-order chi connectivity index (χ1) is 7.40. The van der Waals surface area contributed by atoms with Crippen molar-refractivity contribution < 1.29 is 8.42 Å². The van der Waals surface area contributed by atoms with Gasteiger partial charge in [-0.05, 0) is 30.5 Å². The van der Waals surface area contributed by atoms with Gasteiger partial charge < -0.3 is 5.73 Å². The maximum Gasteiger partial charge on any atom is 0.242 e. The molecular formula is C10H13ClN2O2S. The monoisotopic (exact) mass is 260 g/mol. The van der Waals surface area contributed by atoms with Crippen LogP contribution in [0, 0.1) is 5.92 Å². The topological polar surface area (TPSA) is 72.2 Å². The van der Waals surface area contributed by atoms with Gasteiger partial charge in [-0.1, -0.05) is 18.5 Å². The van der Waals surface area contributed by atoms with Gasteiger partial charge >= 0.3 is 0 Å². The molecule has 3 N–H and O–H groups in total. The van der Waals surface area contributed by atoms with Crippen molar-refractivity contribution in [3.8, 4) is 0 Å². The van der Waals surface area contributed by atoms with Crippen LogP contribution in [0.3, 0.4) is 0 Å². The summed E-state index contributed by atoms with van der Waals surface area (Å²) in [5.41, 5.74) is 5.95. The molecule has 0 amide bonds. The minimum Gasteiger partial charge on any atom is -0.399 e. The van der Waals surface area contributed by atoms with Crippen LogP contribution in [0.15, 0.2) is 23.1 Å². The maximum atomic E-state index is 11.9. The largest absolute Gasteiger partial charge is 0.399 e. The van der Waals surface area contributed by atoms with E-state index in [1.807, 2.05) is 6.92 Å². The van der Waals surface area contributed by atoms with Crippen molar-refractivity contribution in [2.24, 2.45) is 5.92 Å². The number of benzene rings is 1. The molecule has 2 rings (SSSR count). The van der Waals surface area contributed by atoms with E-state index in [-0.39, 0.29) is 16.0 Å². The Labute approximate surface area is 99.8 Å². The van der Waals surface area contributed by atoms with E-state index in [0.29, 0.717) is 11.6 Å². The van der Waals surface area contributed by atoms with Crippen LogP contribution in [-0.2, 0) is 10.0 Å². The average molecular weight is 261 g/mol. The Bertz CT molecular complexity index is 516. The molecule has 1 saturated carbocycles. The molecule has 16 heavy (non-hydrogen) atoms. The SMILES string of the molecule is CC1CC1NS(=O)(=O)c1ccc(N)cc1Cl. The molecule has 0 aliphatic heterocycles. The van der Waals surface area contributed by atoms with E-state index in [1.54, 1.807) is 0 Å². The van der Waals surface area contributed by atoms with E-state index in [1.165, 1.54) is 18.2 Å². The molecule has 6 heteroatoms. The third kappa shape index (κ3) is 2.31. The first-order valence-corrected chi connectivity index (χ1v) is 6.83. The van der Waals surface area contributed by atoms with E-state index in [0.717, 1.165) is 6.42 Å². The molecule has 4 nitrogen and oxygen atoms in total. The second-order valence-corrected chi connectivity index (χ2v) is 6.22. The van der Waals surface area contributed by atoms with Crippen LogP contribution >= 0.6 is 11.6 Å². The molecule has 0 spiro atoms. The van der Waals surface area contributed by atoms with Crippen LogP contribution in [0.5, 0.6) is 0 Å². The smallest absolute Gasteiger partial charge is 0.242 e. The molecule has 1 aromatic rings. The summed E-state index contributed by atoms with van der Waals surface area (Å²) >= 11 is 5.86. The second-order valence-electron chi connectivity index (χ2n) is 4.13. The molecule has 0 radical (unpaired) electrons. The van der Waals surface area contributed by atoms with Crippen molar-refractivity contribution >= 4 is 27.3 Å². The van der Waals surface area contributed by atoms with Gasteiger partial charge in [0, 0.05) is 11.7 Å². The molecule has 2 atom stereocenters. The Hall–Kier alpha value is -0.780. The number of anilines is 1. The predicted molar refractivity (Wildman–Crippen MR) is 63.8 cm³/mol. The van der Waals surface area contributed by atoms with Gasteiger partial charge in [0.2, 0.25) is 10.0 Å². The fourth-order valence-electron chi connectivity index (χ4n) is 1.48. The molecule has 0 aromatic heterocycles. The van der Waals surface area contributed by atoms with E-state index < -0.39 is 10.0 Å². The molecule has 0 bridgehead atoms. The number of hydrogen-bond acceptors (Lipinski definition) is 3. The Morgan fingerprint density at radius 1 is 1.50 bits per heavy atom. The van der Waals surface area contributed by atoms with Crippen molar-refractivity contribution in [3.05, 3.63) is 23.2 Å². The second kappa shape index (κ2) is 3.91. The van der Waals surface area contributed by atoms with Gasteiger partial charge in [-0.3, -0.25) is 0 Å². The zero-order valence-electron chi connectivity index (χ0n) is 8.77. The lowest BCUT2D eigenvalue weighted by Crippen LogP contribution is -2.27. The number of rotatable bonds is 3. The lowest BCUT2D eigenvalue weighted by Gasteiger charge is -2.08. The number of halogens is 1. The first-order valence-electron chi connectivity index (χ1n) is 4.97. The summed E-state index contributed by atoms with van der Waals surface area (Å²) in [5, 5.41) is 0.154. The molecule has 1 fully saturated rings. The number of nitrogens with one attached hydrogen (secondary N) is 1. The van der Waals surface area contributed by atoms with Crippen molar-refractivity contribution in [3.63, 3.8) is 0 Å². The summed E-state index contributed by atoms with van der Waals surface area (Å²) in [4.78, 5) is 0.0856. The van der Waals surface area contributed by atoms with E-state index in [9.17, 15) is 8.42 Å². The van der Waals surface area contributed by atoms with Crippen LogP contribution in [-0.4, -0.2) is 14.5 Å². The fraction of sp³-hybridized carbons (Fsp3) is 0.400.